The molecule has 2 aromatic rings. The van der Waals surface area contributed by atoms with Gasteiger partial charge in [0.2, 0.25) is 5.75 Å². The van der Waals surface area contributed by atoms with Crippen LogP contribution in [0.3, 0.4) is 0 Å². The Hall–Kier alpha value is -3.68. The number of carbonyl (C=O) groups is 2. The minimum atomic E-state index is -0.372. The van der Waals surface area contributed by atoms with Crippen molar-refractivity contribution in [2.24, 2.45) is 0 Å². The number of rotatable bonds is 10. The summed E-state index contributed by atoms with van der Waals surface area (Å²) in [5.74, 6) is 1.25. The molecule has 8 heteroatoms. The van der Waals surface area contributed by atoms with Gasteiger partial charge in [-0.15, -0.1) is 0 Å². The number of anilines is 1. The third-order valence-electron chi connectivity index (χ3n) is 5.22. The topological polar surface area (TPSA) is 86.3 Å². The smallest absolute Gasteiger partial charge is 0.278 e. The summed E-state index contributed by atoms with van der Waals surface area (Å²) in [7, 11) is 6.12. The minimum absolute atomic E-state index is 0.200. The van der Waals surface area contributed by atoms with Crippen molar-refractivity contribution in [2.45, 2.75) is 19.8 Å². The quantitative estimate of drug-likeness (QED) is 0.564. The number of nitrogens with zero attached hydrogens (tertiary/aromatic N) is 1. The third kappa shape index (κ3) is 4.34. The van der Waals surface area contributed by atoms with E-state index in [1.165, 1.54) is 26.2 Å². The Morgan fingerprint density at radius 2 is 1.47 bits per heavy atom. The van der Waals surface area contributed by atoms with Gasteiger partial charge in [-0.3, -0.25) is 14.5 Å². The Morgan fingerprint density at radius 1 is 0.844 bits per heavy atom. The molecule has 1 N–H and O–H groups in total. The molecule has 0 radical (unpaired) electrons. The first-order valence-corrected chi connectivity index (χ1v) is 10.3. The number of benzene rings is 2. The van der Waals surface area contributed by atoms with Gasteiger partial charge in [0.1, 0.15) is 11.4 Å². The van der Waals surface area contributed by atoms with Gasteiger partial charge in [-0.05, 0) is 24.1 Å². The van der Waals surface area contributed by atoms with E-state index < -0.39 is 0 Å². The second-order valence-corrected chi connectivity index (χ2v) is 7.13. The maximum Gasteiger partial charge on any atom is 0.278 e. The lowest BCUT2D eigenvalue weighted by Crippen LogP contribution is -2.33. The normalized spacial score (nSPS) is 13.5. The Kier molecular flexibility index (Phi) is 7.25. The molecule has 0 bridgehead atoms. The van der Waals surface area contributed by atoms with Gasteiger partial charge < -0.3 is 24.3 Å². The van der Waals surface area contributed by atoms with Gasteiger partial charge in [0.25, 0.3) is 11.8 Å². The average molecular weight is 440 g/mol. The highest BCUT2D eigenvalue weighted by atomic mass is 16.5. The molecule has 0 unspecified atom stereocenters. The van der Waals surface area contributed by atoms with E-state index in [-0.39, 0.29) is 17.5 Å². The van der Waals surface area contributed by atoms with Gasteiger partial charge in [0.15, 0.2) is 11.5 Å². The van der Waals surface area contributed by atoms with Crippen molar-refractivity contribution in [3.8, 4) is 23.0 Å². The minimum Gasteiger partial charge on any atom is -0.497 e. The number of hydrogen-bond donors (Lipinski definition) is 1. The van der Waals surface area contributed by atoms with Gasteiger partial charge in [0.05, 0.1) is 34.0 Å². The van der Waals surface area contributed by atoms with Crippen LogP contribution in [0.15, 0.2) is 42.1 Å². The molecule has 1 heterocycles. The predicted octanol–water partition coefficient (Wildman–Crippen LogP) is 3.71. The van der Waals surface area contributed by atoms with Crippen molar-refractivity contribution in [3.63, 3.8) is 0 Å². The molecule has 1 aliphatic heterocycles. The fraction of sp³-hybridized carbons (Fsp3) is 0.333. The van der Waals surface area contributed by atoms with E-state index in [4.69, 9.17) is 18.9 Å². The highest BCUT2D eigenvalue weighted by Gasteiger charge is 2.39. The maximum atomic E-state index is 13.2. The number of ether oxygens (including phenoxy) is 4. The molecule has 3 rings (SSSR count). The monoisotopic (exact) mass is 440 g/mol. The van der Waals surface area contributed by atoms with Crippen molar-refractivity contribution in [2.75, 3.05) is 40.3 Å². The van der Waals surface area contributed by atoms with E-state index in [1.54, 1.807) is 43.5 Å². The van der Waals surface area contributed by atoms with Crippen LogP contribution >= 0.6 is 0 Å². The van der Waals surface area contributed by atoms with Gasteiger partial charge in [-0.25, -0.2) is 0 Å². The third-order valence-corrected chi connectivity index (χ3v) is 5.22. The van der Waals surface area contributed by atoms with Crippen LogP contribution in [0.25, 0.3) is 5.57 Å². The van der Waals surface area contributed by atoms with Gasteiger partial charge >= 0.3 is 0 Å². The zero-order valence-corrected chi connectivity index (χ0v) is 19.0. The van der Waals surface area contributed by atoms with Crippen molar-refractivity contribution >= 4 is 23.1 Å². The van der Waals surface area contributed by atoms with Gasteiger partial charge in [0, 0.05) is 24.4 Å². The molecule has 170 valence electrons. The molecule has 1 aliphatic rings. The van der Waals surface area contributed by atoms with Crippen molar-refractivity contribution in [3.05, 3.63) is 47.7 Å². The van der Waals surface area contributed by atoms with Gasteiger partial charge in [-0.1, -0.05) is 25.5 Å². The van der Waals surface area contributed by atoms with Crippen molar-refractivity contribution < 1.29 is 28.5 Å². The molecule has 2 amide bonds. The number of carbonyl (C=O) groups excluding carboxylic acids is 2. The molecular formula is C24H28N2O6. The SMILES string of the molecule is CCCCN1C(=O)C(Nc2cc(OC)c(OC)c(OC)c2)=C(c2ccc(OC)cc2)C1=O. The molecule has 2 aromatic carbocycles. The summed E-state index contributed by atoms with van der Waals surface area (Å²) in [6.45, 7) is 2.37. The number of amides is 2. The summed E-state index contributed by atoms with van der Waals surface area (Å²) >= 11 is 0. The Labute approximate surface area is 187 Å². The number of hydrogen-bond acceptors (Lipinski definition) is 7. The number of unbranched alkanes of at least 4 members (excludes halogenated alkanes) is 1. The van der Waals surface area contributed by atoms with E-state index in [1.807, 2.05) is 6.92 Å². The van der Waals surface area contributed by atoms with E-state index in [2.05, 4.69) is 5.32 Å². The first-order valence-electron chi connectivity index (χ1n) is 10.3. The fourth-order valence-corrected chi connectivity index (χ4v) is 3.53. The number of methoxy groups -OCH3 is 4. The molecular weight excluding hydrogens is 412 g/mol. The second-order valence-electron chi connectivity index (χ2n) is 7.13. The first-order chi connectivity index (χ1) is 15.5. The molecule has 0 saturated carbocycles. The Balaban J connectivity index is 2.08. The van der Waals surface area contributed by atoms with Crippen LogP contribution in [0.4, 0.5) is 5.69 Å². The zero-order valence-electron chi connectivity index (χ0n) is 19.0. The van der Waals surface area contributed by atoms with Crippen LogP contribution in [0, 0.1) is 0 Å². The maximum absolute atomic E-state index is 13.2. The van der Waals surface area contributed by atoms with Crippen molar-refractivity contribution in [1.29, 1.82) is 0 Å². The largest absolute Gasteiger partial charge is 0.497 e. The van der Waals surface area contributed by atoms with Crippen LogP contribution in [-0.2, 0) is 9.59 Å². The van der Waals surface area contributed by atoms with E-state index in [0.29, 0.717) is 46.4 Å². The first kappa shape index (κ1) is 23.0. The van der Waals surface area contributed by atoms with Crippen LogP contribution in [0.1, 0.15) is 25.3 Å². The standard InChI is InChI=1S/C24H28N2O6/c1-6-7-12-26-23(27)20(15-8-10-17(29-2)11-9-15)21(24(26)28)25-16-13-18(30-3)22(32-5)19(14-16)31-4/h8-11,13-14,25H,6-7,12H2,1-5H3. The predicted molar refractivity (Wildman–Crippen MR) is 121 cm³/mol. The highest BCUT2D eigenvalue weighted by molar-refractivity contribution is 6.36. The Bertz CT molecular complexity index is 1000. The zero-order chi connectivity index (χ0) is 23.3. The van der Waals surface area contributed by atoms with Crippen LogP contribution in [0.5, 0.6) is 23.0 Å². The fourth-order valence-electron chi connectivity index (χ4n) is 3.53. The van der Waals surface area contributed by atoms with Gasteiger partial charge in [-0.2, -0.15) is 0 Å². The molecule has 0 saturated heterocycles. The second kappa shape index (κ2) is 10.1. The average Bonchev–Trinajstić information content (AvgIpc) is 3.05. The molecule has 0 aliphatic carbocycles. The van der Waals surface area contributed by atoms with E-state index >= 15 is 0 Å². The lowest BCUT2D eigenvalue weighted by atomic mass is 10.0. The highest BCUT2D eigenvalue weighted by Crippen LogP contribution is 2.41. The van der Waals surface area contributed by atoms with Crippen molar-refractivity contribution in [1.82, 2.24) is 4.90 Å². The number of imide groups is 1. The summed E-state index contributed by atoms with van der Waals surface area (Å²) in [5.41, 5.74) is 1.66. The van der Waals surface area contributed by atoms with E-state index in [0.717, 1.165) is 12.8 Å². The molecule has 0 atom stereocenters. The molecule has 0 aromatic heterocycles. The number of nitrogens with one attached hydrogen (secondary N) is 1. The molecule has 32 heavy (non-hydrogen) atoms. The summed E-state index contributed by atoms with van der Waals surface area (Å²) in [5, 5.41) is 3.13. The molecule has 0 spiro atoms. The summed E-state index contributed by atoms with van der Waals surface area (Å²) in [6.07, 6.45) is 1.59. The summed E-state index contributed by atoms with van der Waals surface area (Å²) in [4.78, 5) is 27.7. The lowest BCUT2D eigenvalue weighted by molar-refractivity contribution is -0.136. The summed E-state index contributed by atoms with van der Waals surface area (Å²) in [6, 6.07) is 10.4. The van der Waals surface area contributed by atoms with Crippen LogP contribution in [-0.4, -0.2) is 51.7 Å². The van der Waals surface area contributed by atoms with E-state index in [9.17, 15) is 9.59 Å². The lowest BCUT2D eigenvalue weighted by Gasteiger charge is -2.16. The molecule has 8 nitrogen and oxygen atoms in total. The summed E-state index contributed by atoms with van der Waals surface area (Å²) < 4.78 is 21.4. The van der Waals surface area contributed by atoms with Crippen LogP contribution < -0.4 is 24.3 Å². The molecule has 0 fully saturated rings. The van der Waals surface area contributed by atoms with Crippen LogP contribution in [0.2, 0.25) is 0 Å². The Morgan fingerprint density at radius 3 is 1.97 bits per heavy atom.